The third-order valence-corrected chi connectivity index (χ3v) is 3.94. The Morgan fingerprint density at radius 3 is 2.83 bits per heavy atom. The number of fused-ring (bicyclic) bond motifs is 1. The molecule has 18 heavy (non-hydrogen) atoms. The van der Waals surface area contributed by atoms with Crippen molar-refractivity contribution in [2.45, 2.75) is 45.2 Å². The highest BCUT2D eigenvalue weighted by atomic mass is 16.5. The zero-order chi connectivity index (χ0) is 13.0. The van der Waals surface area contributed by atoms with Crippen molar-refractivity contribution in [3.8, 4) is 0 Å². The molecular weight excluding hydrogens is 222 g/mol. The summed E-state index contributed by atoms with van der Waals surface area (Å²) >= 11 is 0. The highest BCUT2D eigenvalue weighted by molar-refractivity contribution is 5.32. The summed E-state index contributed by atoms with van der Waals surface area (Å²) in [5, 5.41) is 3.79. The maximum absolute atomic E-state index is 5.33. The van der Waals surface area contributed by atoms with Crippen LogP contribution in [0.15, 0.2) is 24.3 Å². The average Bonchev–Trinajstić information content (AvgIpc) is 2.38. The number of nitrogens with one attached hydrogen (secondary N) is 1. The van der Waals surface area contributed by atoms with Crippen LogP contribution in [0.1, 0.15) is 43.9 Å². The van der Waals surface area contributed by atoms with Gasteiger partial charge < -0.3 is 10.1 Å². The standard InChI is InChI=1S/C16H25NO/c1-12(2)16(11-18-3)17-15-10-6-8-13-7-4-5-9-14(13)15/h4-5,7,9,12,15-17H,6,8,10-11H2,1-3H3. The van der Waals surface area contributed by atoms with Gasteiger partial charge in [-0.15, -0.1) is 0 Å². The molecule has 1 aromatic carbocycles. The summed E-state index contributed by atoms with van der Waals surface area (Å²) in [4.78, 5) is 0. The smallest absolute Gasteiger partial charge is 0.0618 e. The summed E-state index contributed by atoms with van der Waals surface area (Å²) in [5.74, 6) is 0.596. The van der Waals surface area contributed by atoms with Crippen LogP contribution in [-0.2, 0) is 11.2 Å². The lowest BCUT2D eigenvalue weighted by Gasteiger charge is -2.32. The zero-order valence-corrected chi connectivity index (χ0v) is 11.8. The SMILES string of the molecule is COCC(NC1CCCc2ccccc21)C(C)C. The Morgan fingerprint density at radius 2 is 2.11 bits per heavy atom. The molecule has 0 aromatic heterocycles. The third-order valence-electron chi connectivity index (χ3n) is 3.94. The van der Waals surface area contributed by atoms with E-state index in [0.717, 1.165) is 6.61 Å². The van der Waals surface area contributed by atoms with Gasteiger partial charge in [-0.05, 0) is 36.3 Å². The number of methoxy groups -OCH3 is 1. The first-order chi connectivity index (χ1) is 8.72. The van der Waals surface area contributed by atoms with Gasteiger partial charge >= 0.3 is 0 Å². The molecule has 0 saturated carbocycles. The van der Waals surface area contributed by atoms with Gasteiger partial charge in [0.2, 0.25) is 0 Å². The molecule has 0 spiro atoms. The van der Waals surface area contributed by atoms with Crippen LogP contribution < -0.4 is 5.32 Å². The molecule has 0 fully saturated rings. The summed E-state index contributed by atoms with van der Waals surface area (Å²) in [7, 11) is 1.78. The molecule has 0 saturated heterocycles. The Kier molecular flexibility index (Phi) is 4.79. The normalized spacial score (nSPS) is 20.8. The minimum atomic E-state index is 0.436. The van der Waals surface area contributed by atoms with Crippen molar-refractivity contribution in [1.29, 1.82) is 0 Å². The first-order valence-electron chi connectivity index (χ1n) is 7.05. The second-order valence-electron chi connectivity index (χ2n) is 5.62. The van der Waals surface area contributed by atoms with Crippen molar-refractivity contribution >= 4 is 0 Å². The predicted octanol–water partition coefficient (Wildman–Crippen LogP) is 3.32. The number of rotatable bonds is 5. The number of aryl methyl sites for hydroxylation is 1. The van der Waals surface area contributed by atoms with Gasteiger partial charge in [0, 0.05) is 19.2 Å². The molecule has 1 aliphatic carbocycles. The minimum Gasteiger partial charge on any atom is -0.383 e. The lowest BCUT2D eigenvalue weighted by Crippen LogP contribution is -2.41. The molecular formula is C16H25NO. The van der Waals surface area contributed by atoms with Crippen LogP contribution in [-0.4, -0.2) is 19.8 Å². The molecule has 0 amide bonds. The average molecular weight is 247 g/mol. The Labute approximate surface area is 111 Å². The molecule has 2 rings (SSSR count). The Balaban J connectivity index is 2.10. The van der Waals surface area contributed by atoms with Gasteiger partial charge in [0.25, 0.3) is 0 Å². The molecule has 2 atom stereocenters. The minimum absolute atomic E-state index is 0.436. The first kappa shape index (κ1) is 13.6. The van der Waals surface area contributed by atoms with Gasteiger partial charge in [-0.3, -0.25) is 0 Å². The summed E-state index contributed by atoms with van der Waals surface area (Å²) in [6.45, 7) is 5.30. The van der Waals surface area contributed by atoms with E-state index < -0.39 is 0 Å². The first-order valence-corrected chi connectivity index (χ1v) is 7.05. The lowest BCUT2D eigenvalue weighted by molar-refractivity contribution is 0.138. The fourth-order valence-electron chi connectivity index (χ4n) is 2.80. The van der Waals surface area contributed by atoms with Crippen molar-refractivity contribution in [2.75, 3.05) is 13.7 Å². The molecule has 0 bridgehead atoms. The number of hydrogen-bond donors (Lipinski definition) is 1. The second kappa shape index (κ2) is 6.35. The van der Waals surface area contributed by atoms with Crippen LogP contribution in [0, 0.1) is 5.92 Å². The summed E-state index contributed by atoms with van der Waals surface area (Å²) in [6, 6.07) is 9.78. The quantitative estimate of drug-likeness (QED) is 0.862. The largest absolute Gasteiger partial charge is 0.383 e. The molecule has 2 unspecified atom stereocenters. The van der Waals surface area contributed by atoms with Gasteiger partial charge in [0.15, 0.2) is 0 Å². The van der Waals surface area contributed by atoms with E-state index in [9.17, 15) is 0 Å². The maximum atomic E-state index is 5.33. The van der Waals surface area contributed by atoms with Gasteiger partial charge in [0.05, 0.1) is 6.61 Å². The molecule has 2 nitrogen and oxygen atoms in total. The third kappa shape index (κ3) is 3.12. The fourth-order valence-corrected chi connectivity index (χ4v) is 2.80. The van der Waals surface area contributed by atoms with Crippen LogP contribution in [0.4, 0.5) is 0 Å². The number of benzene rings is 1. The molecule has 1 aliphatic rings. The maximum Gasteiger partial charge on any atom is 0.0618 e. The van der Waals surface area contributed by atoms with E-state index in [1.54, 1.807) is 7.11 Å². The molecule has 0 heterocycles. The molecule has 0 radical (unpaired) electrons. The van der Waals surface area contributed by atoms with Crippen LogP contribution >= 0.6 is 0 Å². The van der Waals surface area contributed by atoms with Crippen LogP contribution in [0.25, 0.3) is 0 Å². The van der Waals surface area contributed by atoms with E-state index in [2.05, 4.69) is 43.4 Å². The van der Waals surface area contributed by atoms with E-state index in [0.29, 0.717) is 18.0 Å². The number of ether oxygens (including phenoxy) is 1. The predicted molar refractivity (Wildman–Crippen MR) is 75.8 cm³/mol. The summed E-state index contributed by atoms with van der Waals surface area (Å²) in [5.41, 5.74) is 3.01. The number of hydrogen-bond acceptors (Lipinski definition) is 2. The summed E-state index contributed by atoms with van der Waals surface area (Å²) in [6.07, 6.45) is 3.75. The zero-order valence-electron chi connectivity index (χ0n) is 11.8. The van der Waals surface area contributed by atoms with E-state index in [-0.39, 0.29) is 0 Å². The van der Waals surface area contributed by atoms with Crippen molar-refractivity contribution in [3.63, 3.8) is 0 Å². The van der Waals surface area contributed by atoms with Crippen LogP contribution in [0.2, 0.25) is 0 Å². The van der Waals surface area contributed by atoms with Crippen molar-refractivity contribution < 1.29 is 4.74 Å². The fraction of sp³-hybridized carbons (Fsp3) is 0.625. The van der Waals surface area contributed by atoms with Gasteiger partial charge in [-0.1, -0.05) is 38.1 Å². The van der Waals surface area contributed by atoms with Crippen LogP contribution in [0.3, 0.4) is 0 Å². The highest BCUT2D eigenvalue weighted by Gasteiger charge is 2.23. The van der Waals surface area contributed by atoms with E-state index in [4.69, 9.17) is 4.74 Å². The molecule has 1 N–H and O–H groups in total. The van der Waals surface area contributed by atoms with Gasteiger partial charge in [0.1, 0.15) is 0 Å². The topological polar surface area (TPSA) is 21.3 Å². The Morgan fingerprint density at radius 1 is 1.33 bits per heavy atom. The molecule has 2 heteroatoms. The van der Waals surface area contributed by atoms with E-state index in [1.165, 1.54) is 30.4 Å². The van der Waals surface area contributed by atoms with E-state index >= 15 is 0 Å². The van der Waals surface area contributed by atoms with Crippen LogP contribution in [0.5, 0.6) is 0 Å². The van der Waals surface area contributed by atoms with Gasteiger partial charge in [-0.25, -0.2) is 0 Å². The second-order valence-corrected chi connectivity index (χ2v) is 5.62. The van der Waals surface area contributed by atoms with Gasteiger partial charge in [-0.2, -0.15) is 0 Å². The molecule has 0 aliphatic heterocycles. The van der Waals surface area contributed by atoms with Crippen molar-refractivity contribution in [2.24, 2.45) is 5.92 Å². The van der Waals surface area contributed by atoms with Crippen molar-refractivity contribution in [1.82, 2.24) is 5.32 Å². The summed E-state index contributed by atoms with van der Waals surface area (Å²) < 4.78 is 5.33. The molecule has 100 valence electrons. The Hall–Kier alpha value is -0.860. The van der Waals surface area contributed by atoms with E-state index in [1.807, 2.05) is 0 Å². The lowest BCUT2D eigenvalue weighted by atomic mass is 9.87. The Bertz CT molecular complexity index is 375. The monoisotopic (exact) mass is 247 g/mol. The molecule has 1 aromatic rings. The highest BCUT2D eigenvalue weighted by Crippen LogP contribution is 2.30. The van der Waals surface area contributed by atoms with Crippen molar-refractivity contribution in [3.05, 3.63) is 35.4 Å².